The number of rotatable bonds is 5. The van der Waals surface area contributed by atoms with E-state index < -0.39 is 5.82 Å². The van der Waals surface area contributed by atoms with E-state index in [1.807, 2.05) is 0 Å². The molecule has 0 spiro atoms. The first-order valence-corrected chi connectivity index (χ1v) is 6.02. The van der Waals surface area contributed by atoms with E-state index in [1.54, 1.807) is 17.7 Å². The number of aliphatic hydroxyl groups excluding tert-OH is 1. The molecule has 0 aliphatic heterocycles. The molecule has 0 saturated heterocycles. The molecule has 0 fully saturated rings. The third-order valence-corrected chi connectivity index (χ3v) is 2.96. The normalized spacial score (nSPS) is 10.9. The lowest BCUT2D eigenvalue weighted by Gasteiger charge is -2.09. The zero-order valence-corrected chi connectivity index (χ0v) is 11.1. The summed E-state index contributed by atoms with van der Waals surface area (Å²) in [6.07, 6.45) is 0. The van der Waals surface area contributed by atoms with Gasteiger partial charge in [0.2, 0.25) is 0 Å². The van der Waals surface area contributed by atoms with E-state index in [9.17, 15) is 9.50 Å². The number of halogens is 2. The fraction of sp³-hybridized carbons (Fsp3) is 0.333. The van der Waals surface area contributed by atoms with Gasteiger partial charge in [0, 0.05) is 19.2 Å². The van der Waals surface area contributed by atoms with Gasteiger partial charge in [0.1, 0.15) is 12.4 Å². The van der Waals surface area contributed by atoms with Crippen LogP contribution in [0.4, 0.5) is 4.39 Å². The highest BCUT2D eigenvalue weighted by Gasteiger charge is 2.14. The van der Waals surface area contributed by atoms with E-state index in [4.69, 9.17) is 16.3 Å². The van der Waals surface area contributed by atoms with Crippen molar-refractivity contribution >= 4 is 11.6 Å². The second-order valence-corrected chi connectivity index (χ2v) is 4.28. The molecular formula is C12H13ClFN3O2. The van der Waals surface area contributed by atoms with Gasteiger partial charge in [-0.2, -0.15) is 0 Å². The number of ether oxygens (including phenoxy) is 1. The summed E-state index contributed by atoms with van der Waals surface area (Å²) in [5.41, 5.74) is 0.634. The van der Waals surface area contributed by atoms with Gasteiger partial charge in [0.15, 0.2) is 11.6 Å². The fourth-order valence-electron chi connectivity index (χ4n) is 1.72. The Morgan fingerprint density at radius 2 is 2.21 bits per heavy atom. The van der Waals surface area contributed by atoms with Crippen LogP contribution in [0.1, 0.15) is 5.82 Å². The van der Waals surface area contributed by atoms with Gasteiger partial charge in [0.05, 0.1) is 11.6 Å². The molecule has 0 atom stereocenters. The Labute approximate surface area is 114 Å². The van der Waals surface area contributed by atoms with Crippen LogP contribution in [0, 0.1) is 5.82 Å². The Morgan fingerprint density at radius 1 is 1.42 bits per heavy atom. The third-order valence-electron chi connectivity index (χ3n) is 2.67. The minimum absolute atomic E-state index is 0.0179. The highest BCUT2D eigenvalue weighted by atomic mass is 35.5. The standard InChI is InChI=1S/C12H13ClFN3O2/c1-19-5-4-17-11(7-18)15-16-12(17)8-2-3-10(14)9(13)6-8/h2-3,6,18H,4-5,7H2,1H3. The second kappa shape index (κ2) is 6.10. The first kappa shape index (κ1) is 13.9. The van der Waals surface area contributed by atoms with Gasteiger partial charge in [-0.1, -0.05) is 11.6 Å². The van der Waals surface area contributed by atoms with Crippen LogP contribution < -0.4 is 0 Å². The van der Waals surface area contributed by atoms with Crippen molar-refractivity contribution in [1.29, 1.82) is 0 Å². The number of hydrogen-bond acceptors (Lipinski definition) is 4. The van der Waals surface area contributed by atoms with Crippen LogP contribution in [0.25, 0.3) is 11.4 Å². The van der Waals surface area contributed by atoms with Gasteiger partial charge < -0.3 is 14.4 Å². The molecular weight excluding hydrogens is 273 g/mol. The number of benzene rings is 1. The molecule has 102 valence electrons. The summed E-state index contributed by atoms with van der Waals surface area (Å²) in [5, 5.41) is 17.1. The summed E-state index contributed by atoms with van der Waals surface area (Å²) in [4.78, 5) is 0. The first-order chi connectivity index (χ1) is 9.17. The molecule has 0 bridgehead atoms. The molecule has 0 aliphatic carbocycles. The van der Waals surface area contributed by atoms with Crippen LogP contribution in [-0.2, 0) is 17.9 Å². The Balaban J connectivity index is 2.42. The smallest absolute Gasteiger partial charge is 0.164 e. The molecule has 19 heavy (non-hydrogen) atoms. The fourth-order valence-corrected chi connectivity index (χ4v) is 1.90. The van der Waals surface area contributed by atoms with Crippen LogP contribution in [0.3, 0.4) is 0 Å². The van der Waals surface area contributed by atoms with Crippen LogP contribution in [0.5, 0.6) is 0 Å². The molecule has 1 N–H and O–H groups in total. The SMILES string of the molecule is COCCn1c(CO)nnc1-c1ccc(F)c(Cl)c1. The summed E-state index contributed by atoms with van der Waals surface area (Å²) in [5.74, 6) is 0.450. The molecule has 0 amide bonds. The quantitative estimate of drug-likeness (QED) is 0.911. The van der Waals surface area contributed by atoms with Crippen molar-refractivity contribution in [3.8, 4) is 11.4 Å². The molecule has 0 aliphatic rings. The van der Waals surface area contributed by atoms with E-state index in [0.717, 1.165) is 0 Å². The van der Waals surface area contributed by atoms with Crippen LogP contribution in [0.2, 0.25) is 5.02 Å². The second-order valence-electron chi connectivity index (χ2n) is 3.87. The van der Waals surface area contributed by atoms with Crippen molar-refractivity contribution in [1.82, 2.24) is 14.8 Å². The minimum Gasteiger partial charge on any atom is -0.388 e. The van der Waals surface area contributed by atoms with Gasteiger partial charge in [-0.15, -0.1) is 10.2 Å². The monoisotopic (exact) mass is 285 g/mol. The summed E-state index contributed by atoms with van der Waals surface area (Å²) in [7, 11) is 1.58. The lowest BCUT2D eigenvalue weighted by atomic mass is 10.2. The Hall–Kier alpha value is -1.50. The van der Waals surface area contributed by atoms with Crippen molar-refractivity contribution in [2.45, 2.75) is 13.2 Å². The number of aliphatic hydroxyl groups is 1. The predicted octanol–water partition coefficient (Wildman–Crippen LogP) is 1.88. The number of methoxy groups -OCH3 is 1. The zero-order valence-electron chi connectivity index (χ0n) is 10.3. The maximum atomic E-state index is 13.2. The molecule has 2 rings (SSSR count). The van der Waals surface area contributed by atoms with Gasteiger partial charge in [-0.25, -0.2) is 4.39 Å². The molecule has 0 unspecified atom stereocenters. The van der Waals surface area contributed by atoms with Crippen molar-refractivity contribution in [2.75, 3.05) is 13.7 Å². The average Bonchev–Trinajstić information content (AvgIpc) is 2.82. The number of hydrogen-bond donors (Lipinski definition) is 1. The molecule has 1 aromatic carbocycles. The van der Waals surface area contributed by atoms with Crippen molar-refractivity contribution < 1.29 is 14.2 Å². The first-order valence-electron chi connectivity index (χ1n) is 5.64. The zero-order chi connectivity index (χ0) is 13.8. The summed E-state index contributed by atoms with van der Waals surface area (Å²) < 4.78 is 19.9. The van der Waals surface area contributed by atoms with Crippen LogP contribution >= 0.6 is 11.6 Å². The topological polar surface area (TPSA) is 60.2 Å². The van der Waals surface area contributed by atoms with Crippen LogP contribution in [0.15, 0.2) is 18.2 Å². The highest BCUT2D eigenvalue weighted by Crippen LogP contribution is 2.24. The maximum absolute atomic E-state index is 13.2. The van der Waals surface area contributed by atoms with Gasteiger partial charge in [-0.05, 0) is 18.2 Å². The van der Waals surface area contributed by atoms with Crippen molar-refractivity contribution in [2.24, 2.45) is 0 Å². The summed E-state index contributed by atoms with van der Waals surface area (Å²) in [6, 6.07) is 4.31. The summed E-state index contributed by atoms with van der Waals surface area (Å²) in [6.45, 7) is 0.711. The minimum atomic E-state index is -0.490. The van der Waals surface area contributed by atoms with Crippen molar-refractivity contribution in [3.63, 3.8) is 0 Å². The van der Waals surface area contributed by atoms with Gasteiger partial charge >= 0.3 is 0 Å². The van der Waals surface area contributed by atoms with Crippen LogP contribution in [-0.4, -0.2) is 33.6 Å². The molecule has 0 radical (unpaired) electrons. The predicted molar refractivity (Wildman–Crippen MR) is 68.2 cm³/mol. The molecule has 1 heterocycles. The Morgan fingerprint density at radius 3 is 2.84 bits per heavy atom. The molecule has 0 saturated carbocycles. The van der Waals surface area contributed by atoms with E-state index in [2.05, 4.69) is 10.2 Å². The third kappa shape index (κ3) is 2.91. The molecule has 2 aromatic rings. The van der Waals surface area contributed by atoms with Crippen molar-refractivity contribution in [3.05, 3.63) is 34.9 Å². The van der Waals surface area contributed by atoms with Gasteiger partial charge in [-0.3, -0.25) is 0 Å². The highest BCUT2D eigenvalue weighted by molar-refractivity contribution is 6.31. The lowest BCUT2D eigenvalue weighted by molar-refractivity contribution is 0.183. The number of nitrogens with zero attached hydrogens (tertiary/aromatic N) is 3. The average molecular weight is 286 g/mol. The summed E-state index contributed by atoms with van der Waals surface area (Å²) >= 11 is 5.75. The van der Waals surface area contributed by atoms with E-state index in [1.165, 1.54) is 12.1 Å². The van der Waals surface area contributed by atoms with E-state index >= 15 is 0 Å². The Bertz CT molecular complexity index is 574. The van der Waals surface area contributed by atoms with Gasteiger partial charge in [0.25, 0.3) is 0 Å². The van der Waals surface area contributed by atoms with E-state index in [-0.39, 0.29) is 11.6 Å². The maximum Gasteiger partial charge on any atom is 0.164 e. The molecule has 1 aromatic heterocycles. The molecule has 7 heteroatoms. The molecule has 5 nitrogen and oxygen atoms in total. The number of aromatic nitrogens is 3. The van der Waals surface area contributed by atoms with E-state index in [0.29, 0.717) is 30.4 Å². The lowest BCUT2D eigenvalue weighted by Crippen LogP contribution is -2.10. The Kier molecular flexibility index (Phi) is 4.47. The largest absolute Gasteiger partial charge is 0.388 e.